The van der Waals surface area contributed by atoms with E-state index in [2.05, 4.69) is 5.32 Å². The summed E-state index contributed by atoms with van der Waals surface area (Å²) in [6.45, 7) is 8.85. The summed E-state index contributed by atoms with van der Waals surface area (Å²) in [7, 11) is 0. The third-order valence-electron chi connectivity index (χ3n) is 4.69. The van der Waals surface area contributed by atoms with E-state index in [9.17, 15) is 14.4 Å². The topological polar surface area (TPSA) is 75.7 Å². The Morgan fingerprint density at radius 3 is 2.36 bits per heavy atom. The van der Waals surface area contributed by atoms with E-state index in [1.807, 2.05) is 32.6 Å². The van der Waals surface area contributed by atoms with E-state index in [0.717, 1.165) is 29.7 Å². The second-order valence-electron chi connectivity index (χ2n) is 6.67. The molecule has 0 radical (unpaired) electrons. The summed E-state index contributed by atoms with van der Waals surface area (Å²) in [6, 6.07) is 0.324. The molecule has 2 amide bonds. The van der Waals surface area contributed by atoms with Gasteiger partial charge in [-0.15, -0.1) is 11.3 Å². The van der Waals surface area contributed by atoms with Gasteiger partial charge in [-0.1, -0.05) is 0 Å². The molecule has 0 spiro atoms. The van der Waals surface area contributed by atoms with Crippen LogP contribution in [0.15, 0.2) is 0 Å². The predicted molar refractivity (Wildman–Crippen MR) is 98.0 cm³/mol. The summed E-state index contributed by atoms with van der Waals surface area (Å²) in [5, 5.41) is 3.14. The molecule has 1 aliphatic rings. The number of aryl methyl sites for hydroxylation is 1. The van der Waals surface area contributed by atoms with Crippen molar-refractivity contribution in [3.05, 3.63) is 16.0 Å². The number of nitrogens with zero attached hydrogens (tertiary/aromatic N) is 1. The first-order valence-corrected chi connectivity index (χ1v) is 9.39. The number of carbonyl (C=O) groups excluding carboxylic acids is 3. The molecule has 2 atom stereocenters. The molecule has 1 aromatic rings. The van der Waals surface area contributed by atoms with Crippen LogP contribution in [0, 0.1) is 13.8 Å². The lowest BCUT2D eigenvalue weighted by molar-refractivity contribution is -0.140. The number of thiophene rings is 1. The number of rotatable bonds is 4. The molecule has 138 valence electrons. The third kappa shape index (κ3) is 4.39. The number of esters is 1. The Morgan fingerprint density at radius 2 is 1.80 bits per heavy atom. The van der Waals surface area contributed by atoms with Gasteiger partial charge < -0.3 is 15.0 Å². The zero-order valence-corrected chi connectivity index (χ0v) is 16.3. The monoisotopic (exact) mass is 366 g/mol. The molecule has 0 aromatic carbocycles. The van der Waals surface area contributed by atoms with Crippen molar-refractivity contribution in [1.82, 2.24) is 4.90 Å². The van der Waals surface area contributed by atoms with E-state index < -0.39 is 5.97 Å². The number of anilines is 1. The third-order valence-corrected chi connectivity index (χ3v) is 5.81. The quantitative estimate of drug-likeness (QED) is 0.830. The van der Waals surface area contributed by atoms with E-state index in [0.29, 0.717) is 10.6 Å². The average molecular weight is 366 g/mol. The highest BCUT2D eigenvalue weighted by Gasteiger charge is 2.30. The molecule has 1 saturated heterocycles. The molecule has 2 rings (SSSR count). The highest BCUT2D eigenvalue weighted by atomic mass is 32.1. The Bertz CT molecular complexity index is 673. The lowest BCUT2D eigenvalue weighted by Crippen LogP contribution is -2.49. The van der Waals surface area contributed by atoms with Crippen LogP contribution in [0.25, 0.3) is 0 Å². The summed E-state index contributed by atoms with van der Waals surface area (Å²) < 4.78 is 5.28. The van der Waals surface area contributed by atoms with Crippen LogP contribution in [0.5, 0.6) is 0 Å². The van der Waals surface area contributed by atoms with E-state index in [1.165, 1.54) is 18.3 Å². The zero-order chi connectivity index (χ0) is 18.7. The van der Waals surface area contributed by atoms with Crippen LogP contribution < -0.4 is 5.32 Å². The minimum atomic E-state index is -0.573. The first-order valence-electron chi connectivity index (χ1n) is 8.58. The molecule has 0 bridgehead atoms. The zero-order valence-electron chi connectivity index (χ0n) is 15.5. The molecule has 25 heavy (non-hydrogen) atoms. The van der Waals surface area contributed by atoms with Crippen molar-refractivity contribution in [2.24, 2.45) is 0 Å². The summed E-state index contributed by atoms with van der Waals surface area (Å²) in [5.41, 5.74) is 1.11. The van der Waals surface area contributed by atoms with Gasteiger partial charge in [0.15, 0.2) is 6.61 Å². The Balaban J connectivity index is 2.07. The van der Waals surface area contributed by atoms with Crippen LogP contribution in [-0.2, 0) is 14.3 Å². The Morgan fingerprint density at radius 1 is 1.20 bits per heavy atom. The van der Waals surface area contributed by atoms with Gasteiger partial charge in [0, 0.05) is 23.9 Å². The second-order valence-corrected chi connectivity index (χ2v) is 7.90. The summed E-state index contributed by atoms with van der Waals surface area (Å²) in [5.74, 6) is -0.989. The maximum absolute atomic E-state index is 12.5. The number of piperidine rings is 1. The van der Waals surface area contributed by atoms with Crippen LogP contribution in [0.1, 0.15) is 60.8 Å². The van der Waals surface area contributed by atoms with Gasteiger partial charge in [0.2, 0.25) is 5.91 Å². The van der Waals surface area contributed by atoms with Gasteiger partial charge in [-0.2, -0.15) is 0 Å². The Kier molecular flexibility index (Phi) is 6.21. The van der Waals surface area contributed by atoms with E-state index in [-0.39, 0.29) is 30.5 Å². The number of nitrogens with one attached hydrogen (secondary N) is 1. The van der Waals surface area contributed by atoms with E-state index in [1.54, 1.807) is 0 Å². The standard InChI is InChI=1S/C18H26N2O4S/c1-10-7-6-8-11(2)20(10)15(22)9-24-18(23)16-12(3)13(4)25-17(16)19-14(5)21/h10-11H,6-9H2,1-5H3,(H,19,21)/t10-,11-/m1/s1. The number of amides is 2. The Hall–Kier alpha value is -1.89. The highest BCUT2D eigenvalue weighted by Crippen LogP contribution is 2.33. The summed E-state index contributed by atoms with van der Waals surface area (Å²) in [6.07, 6.45) is 3.05. The summed E-state index contributed by atoms with van der Waals surface area (Å²) >= 11 is 1.33. The SMILES string of the molecule is CC(=O)Nc1sc(C)c(C)c1C(=O)OCC(=O)N1[C@H](C)CCC[C@H]1C. The van der Waals surface area contributed by atoms with Crippen molar-refractivity contribution < 1.29 is 19.1 Å². The van der Waals surface area contributed by atoms with Gasteiger partial charge in [0.1, 0.15) is 5.00 Å². The molecule has 0 aliphatic carbocycles. The van der Waals surface area contributed by atoms with Gasteiger partial charge in [-0.05, 0) is 52.5 Å². The molecule has 2 heterocycles. The van der Waals surface area contributed by atoms with Gasteiger partial charge in [0.05, 0.1) is 5.56 Å². The fourth-order valence-electron chi connectivity index (χ4n) is 3.31. The first-order chi connectivity index (χ1) is 11.7. The molecule has 6 nitrogen and oxygen atoms in total. The van der Waals surface area contributed by atoms with Crippen LogP contribution in [0.2, 0.25) is 0 Å². The van der Waals surface area contributed by atoms with Crippen LogP contribution >= 0.6 is 11.3 Å². The van der Waals surface area contributed by atoms with Crippen LogP contribution in [0.4, 0.5) is 5.00 Å². The molecule has 1 N–H and O–H groups in total. The number of hydrogen-bond donors (Lipinski definition) is 1. The van der Waals surface area contributed by atoms with E-state index in [4.69, 9.17) is 4.74 Å². The predicted octanol–water partition coefficient (Wildman–Crippen LogP) is 3.27. The van der Waals surface area contributed by atoms with Crippen molar-refractivity contribution in [2.75, 3.05) is 11.9 Å². The van der Waals surface area contributed by atoms with Crippen molar-refractivity contribution in [3.63, 3.8) is 0 Å². The average Bonchev–Trinajstić information content (AvgIpc) is 2.78. The van der Waals surface area contributed by atoms with Crippen LogP contribution in [0.3, 0.4) is 0 Å². The van der Waals surface area contributed by atoms with Crippen molar-refractivity contribution in [2.45, 2.75) is 66.0 Å². The lowest BCUT2D eigenvalue weighted by Gasteiger charge is -2.38. The van der Waals surface area contributed by atoms with Crippen molar-refractivity contribution >= 4 is 34.1 Å². The Labute approximate surface area is 152 Å². The normalized spacial score (nSPS) is 20.3. The fraction of sp³-hybridized carbons (Fsp3) is 0.611. The highest BCUT2D eigenvalue weighted by molar-refractivity contribution is 7.16. The summed E-state index contributed by atoms with van der Waals surface area (Å²) in [4.78, 5) is 39.1. The molecule has 1 aliphatic heterocycles. The number of carbonyl (C=O) groups is 3. The smallest absolute Gasteiger partial charge is 0.341 e. The maximum Gasteiger partial charge on any atom is 0.341 e. The molecular formula is C18H26N2O4S. The van der Waals surface area contributed by atoms with Gasteiger partial charge >= 0.3 is 5.97 Å². The molecule has 0 saturated carbocycles. The number of likely N-dealkylation sites (tertiary alicyclic amines) is 1. The second kappa shape index (κ2) is 7.99. The molecule has 7 heteroatoms. The fourth-order valence-corrected chi connectivity index (χ4v) is 4.40. The van der Waals surface area contributed by atoms with Gasteiger partial charge in [0.25, 0.3) is 5.91 Å². The number of hydrogen-bond acceptors (Lipinski definition) is 5. The lowest BCUT2D eigenvalue weighted by atomic mass is 9.97. The molecule has 1 fully saturated rings. The maximum atomic E-state index is 12.5. The minimum Gasteiger partial charge on any atom is -0.452 e. The molecular weight excluding hydrogens is 340 g/mol. The largest absolute Gasteiger partial charge is 0.452 e. The van der Waals surface area contributed by atoms with Crippen LogP contribution in [-0.4, -0.2) is 41.4 Å². The van der Waals surface area contributed by atoms with E-state index >= 15 is 0 Å². The van der Waals surface area contributed by atoms with Gasteiger partial charge in [-0.25, -0.2) is 4.79 Å². The molecule has 0 unspecified atom stereocenters. The van der Waals surface area contributed by atoms with Crippen molar-refractivity contribution in [3.8, 4) is 0 Å². The molecule has 1 aromatic heterocycles. The first kappa shape index (κ1) is 19.4. The number of ether oxygens (including phenoxy) is 1. The minimum absolute atomic E-state index is 0.162. The van der Waals surface area contributed by atoms with Gasteiger partial charge in [-0.3, -0.25) is 9.59 Å². The van der Waals surface area contributed by atoms with Crippen molar-refractivity contribution in [1.29, 1.82) is 0 Å².